The minimum absolute atomic E-state index is 0.0663. The molecule has 4 rings (SSSR count). The molecule has 29 heavy (non-hydrogen) atoms. The van der Waals surface area contributed by atoms with Crippen molar-refractivity contribution in [3.63, 3.8) is 0 Å². The SMILES string of the molecule is Cc1ccc(C(=O)OCc2nnc(-c3c(-c4ccccc4)noc3C)o2)c(O)c1. The van der Waals surface area contributed by atoms with Gasteiger partial charge in [0.1, 0.15) is 28.3 Å². The third-order valence-corrected chi connectivity index (χ3v) is 4.29. The Kier molecular flexibility index (Phi) is 4.82. The van der Waals surface area contributed by atoms with Crippen LogP contribution in [0, 0.1) is 13.8 Å². The van der Waals surface area contributed by atoms with Gasteiger partial charge in [-0.1, -0.05) is 41.6 Å². The number of rotatable bonds is 5. The average Bonchev–Trinajstić information content (AvgIpc) is 3.33. The molecule has 1 N–H and O–H groups in total. The molecule has 0 aliphatic carbocycles. The fraction of sp³-hybridized carbons (Fsp3) is 0.143. The first-order chi connectivity index (χ1) is 14.0. The zero-order valence-corrected chi connectivity index (χ0v) is 15.7. The number of carbonyl (C=O) groups excluding carboxylic acids is 1. The van der Waals surface area contributed by atoms with E-state index in [-0.39, 0.29) is 29.7 Å². The highest BCUT2D eigenvalue weighted by Gasteiger charge is 2.22. The largest absolute Gasteiger partial charge is 0.507 e. The highest BCUT2D eigenvalue weighted by molar-refractivity contribution is 5.92. The van der Waals surface area contributed by atoms with Crippen LogP contribution >= 0.6 is 0 Å². The Morgan fingerprint density at radius 3 is 2.66 bits per heavy atom. The number of phenolic OH excluding ortho intramolecular Hbond substituents is 1. The van der Waals surface area contributed by atoms with E-state index in [9.17, 15) is 9.90 Å². The molecule has 0 radical (unpaired) electrons. The van der Waals surface area contributed by atoms with Crippen molar-refractivity contribution in [2.75, 3.05) is 0 Å². The number of hydrogen-bond donors (Lipinski definition) is 1. The molecule has 0 saturated carbocycles. The van der Waals surface area contributed by atoms with E-state index in [1.165, 1.54) is 12.1 Å². The minimum Gasteiger partial charge on any atom is -0.507 e. The van der Waals surface area contributed by atoms with Crippen molar-refractivity contribution in [3.05, 3.63) is 71.3 Å². The summed E-state index contributed by atoms with van der Waals surface area (Å²) in [5, 5.41) is 21.9. The van der Waals surface area contributed by atoms with Crippen molar-refractivity contribution in [2.24, 2.45) is 0 Å². The molecule has 0 unspecified atom stereocenters. The molecule has 8 heteroatoms. The van der Waals surface area contributed by atoms with Crippen molar-refractivity contribution >= 4 is 5.97 Å². The van der Waals surface area contributed by atoms with E-state index in [0.29, 0.717) is 17.0 Å². The predicted molar refractivity (Wildman–Crippen MR) is 102 cm³/mol. The van der Waals surface area contributed by atoms with Crippen molar-refractivity contribution in [1.82, 2.24) is 15.4 Å². The van der Waals surface area contributed by atoms with Crippen molar-refractivity contribution in [3.8, 4) is 28.5 Å². The molecule has 2 aromatic heterocycles. The Hall–Kier alpha value is -3.94. The highest BCUT2D eigenvalue weighted by Crippen LogP contribution is 2.33. The maximum absolute atomic E-state index is 12.2. The molecule has 0 aliphatic heterocycles. The van der Waals surface area contributed by atoms with Crippen LogP contribution in [0.2, 0.25) is 0 Å². The molecule has 0 fully saturated rings. The van der Waals surface area contributed by atoms with E-state index < -0.39 is 5.97 Å². The van der Waals surface area contributed by atoms with Crippen molar-refractivity contribution in [1.29, 1.82) is 0 Å². The van der Waals surface area contributed by atoms with Crippen LogP contribution in [0.3, 0.4) is 0 Å². The van der Waals surface area contributed by atoms with Gasteiger partial charge in [-0.2, -0.15) is 0 Å². The van der Waals surface area contributed by atoms with Crippen LogP contribution < -0.4 is 0 Å². The second-order valence-electron chi connectivity index (χ2n) is 6.43. The first kappa shape index (κ1) is 18.4. The van der Waals surface area contributed by atoms with E-state index in [2.05, 4.69) is 15.4 Å². The molecule has 2 heterocycles. The van der Waals surface area contributed by atoms with E-state index >= 15 is 0 Å². The summed E-state index contributed by atoms with van der Waals surface area (Å²) in [6.45, 7) is 3.33. The molecule has 0 aliphatic rings. The third-order valence-electron chi connectivity index (χ3n) is 4.29. The molecule has 0 bridgehead atoms. The zero-order chi connectivity index (χ0) is 20.4. The smallest absolute Gasteiger partial charge is 0.342 e. The number of esters is 1. The summed E-state index contributed by atoms with van der Waals surface area (Å²) < 4.78 is 16.1. The van der Waals surface area contributed by atoms with Crippen LogP contribution in [-0.2, 0) is 11.3 Å². The van der Waals surface area contributed by atoms with Crippen LogP contribution in [0.5, 0.6) is 5.75 Å². The van der Waals surface area contributed by atoms with Crippen LogP contribution in [-0.4, -0.2) is 26.4 Å². The summed E-state index contributed by atoms with van der Waals surface area (Å²) in [6, 6.07) is 14.2. The molecule has 0 saturated heterocycles. The second kappa shape index (κ2) is 7.59. The first-order valence-electron chi connectivity index (χ1n) is 8.84. The topological polar surface area (TPSA) is 111 Å². The van der Waals surface area contributed by atoms with Gasteiger partial charge in [0.15, 0.2) is 6.61 Å². The number of aromatic hydroxyl groups is 1. The molecule has 2 aromatic carbocycles. The van der Waals surface area contributed by atoms with Crippen LogP contribution in [0.15, 0.2) is 57.5 Å². The van der Waals surface area contributed by atoms with Gasteiger partial charge >= 0.3 is 5.97 Å². The van der Waals surface area contributed by atoms with E-state index in [1.54, 1.807) is 13.0 Å². The molecule has 0 atom stereocenters. The summed E-state index contributed by atoms with van der Waals surface area (Å²) >= 11 is 0. The summed E-state index contributed by atoms with van der Waals surface area (Å²) in [6.07, 6.45) is 0. The molecular weight excluding hydrogens is 374 g/mol. The van der Waals surface area contributed by atoms with Gasteiger partial charge in [-0.3, -0.25) is 0 Å². The maximum atomic E-state index is 12.2. The predicted octanol–water partition coefficient (Wildman–Crippen LogP) is 4.07. The summed E-state index contributed by atoms with van der Waals surface area (Å²) in [4.78, 5) is 12.2. The Morgan fingerprint density at radius 2 is 1.90 bits per heavy atom. The minimum atomic E-state index is -0.687. The van der Waals surface area contributed by atoms with Crippen molar-refractivity contribution in [2.45, 2.75) is 20.5 Å². The number of benzene rings is 2. The summed E-state index contributed by atoms with van der Waals surface area (Å²) in [5.41, 5.74) is 2.91. The fourth-order valence-corrected chi connectivity index (χ4v) is 2.85. The lowest BCUT2D eigenvalue weighted by molar-refractivity contribution is 0.0435. The Labute approximate surface area is 165 Å². The average molecular weight is 391 g/mol. The fourth-order valence-electron chi connectivity index (χ4n) is 2.85. The van der Waals surface area contributed by atoms with E-state index in [1.807, 2.05) is 37.3 Å². The van der Waals surface area contributed by atoms with Crippen LogP contribution in [0.4, 0.5) is 0 Å². The third kappa shape index (κ3) is 3.73. The molecule has 0 amide bonds. The monoisotopic (exact) mass is 391 g/mol. The first-order valence-corrected chi connectivity index (χ1v) is 8.84. The summed E-state index contributed by atoms with van der Waals surface area (Å²) in [7, 11) is 0. The molecule has 8 nitrogen and oxygen atoms in total. The standard InChI is InChI=1S/C21H17N3O5/c1-12-8-9-15(16(25)10-12)21(26)27-11-17-22-23-20(28-17)18-13(2)29-24-19(18)14-6-4-3-5-7-14/h3-10,25H,11H2,1-2H3. The lowest BCUT2D eigenvalue weighted by atomic mass is 10.1. The number of nitrogens with zero attached hydrogens (tertiary/aromatic N) is 3. The van der Waals surface area contributed by atoms with Gasteiger partial charge < -0.3 is 18.8 Å². The number of hydrogen-bond acceptors (Lipinski definition) is 8. The molecule has 0 spiro atoms. The normalized spacial score (nSPS) is 10.8. The van der Waals surface area contributed by atoms with E-state index in [4.69, 9.17) is 13.7 Å². The van der Waals surface area contributed by atoms with Gasteiger partial charge in [-0.25, -0.2) is 4.79 Å². The lowest BCUT2D eigenvalue weighted by Crippen LogP contribution is -2.05. The van der Waals surface area contributed by atoms with Gasteiger partial charge in [0.05, 0.1) is 0 Å². The quantitative estimate of drug-likeness (QED) is 0.507. The summed E-state index contributed by atoms with van der Waals surface area (Å²) in [5.74, 6) is 0.0224. The van der Waals surface area contributed by atoms with Crippen LogP contribution in [0.25, 0.3) is 22.7 Å². The molecule has 146 valence electrons. The number of carbonyl (C=O) groups is 1. The Bertz CT molecular complexity index is 1160. The number of ether oxygens (including phenoxy) is 1. The highest BCUT2D eigenvalue weighted by atomic mass is 16.5. The van der Waals surface area contributed by atoms with Crippen LogP contribution in [0.1, 0.15) is 27.6 Å². The van der Waals surface area contributed by atoms with Gasteiger partial charge in [0, 0.05) is 5.56 Å². The number of aromatic nitrogens is 3. The van der Waals surface area contributed by atoms with Crippen molar-refractivity contribution < 1.29 is 23.6 Å². The maximum Gasteiger partial charge on any atom is 0.342 e. The Morgan fingerprint density at radius 1 is 1.10 bits per heavy atom. The zero-order valence-electron chi connectivity index (χ0n) is 15.7. The van der Waals surface area contributed by atoms with Gasteiger partial charge in [-0.15, -0.1) is 10.2 Å². The second-order valence-corrected chi connectivity index (χ2v) is 6.43. The lowest BCUT2D eigenvalue weighted by Gasteiger charge is -2.05. The van der Waals surface area contributed by atoms with Gasteiger partial charge in [0.25, 0.3) is 11.8 Å². The van der Waals surface area contributed by atoms with Gasteiger partial charge in [-0.05, 0) is 31.5 Å². The molecule has 4 aromatic rings. The Balaban J connectivity index is 1.53. The molecular formula is C21H17N3O5. The van der Waals surface area contributed by atoms with E-state index in [0.717, 1.165) is 11.1 Å². The number of aryl methyl sites for hydroxylation is 2. The van der Waals surface area contributed by atoms with Gasteiger partial charge in [0.2, 0.25) is 0 Å². The number of phenols is 1.